The zero-order valence-electron chi connectivity index (χ0n) is 10.9. The largest absolute Gasteiger partial charge is 0.279 e. The summed E-state index contributed by atoms with van der Waals surface area (Å²) in [4.78, 5) is -0.584. The van der Waals surface area contributed by atoms with Crippen LogP contribution in [-0.2, 0) is 10.0 Å². The maximum atomic E-state index is 13.6. The molecule has 106 valence electrons. The molecule has 0 aliphatic rings. The van der Waals surface area contributed by atoms with Crippen LogP contribution in [0.25, 0.3) is 0 Å². The van der Waals surface area contributed by atoms with Gasteiger partial charge in [0.05, 0.1) is 5.69 Å². The van der Waals surface area contributed by atoms with Gasteiger partial charge in [0.2, 0.25) is 0 Å². The summed E-state index contributed by atoms with van der Waals surface area (Å²) < 4.78 is 53.0. The predicted octanol–water partition coefficient (Wildman–Crippen LogP) is 3.38. The number of hydrogen-bond acceptors (Lipinski definition) is 2. The van der Waals surface area contributed by atoms with Crippen molar-refractivity contribution in [1.29, 1.82) is 0 Å². The van der Waals surface area contributed by atoms with E-state index in [1.807, 2.05) is 13.0 Å². The molecule has 0 heterocycles. The maximum Gasteiger partial charge on any atom is 0.264 e. The minimum Gasteiger partial charge on any atom is -0.279 e. The second-order valence-electron chi connectivity index (χ2n) is 4.50. The van der Waals surface area contributed by atoms with E-state index in [9.17, 15) is 17.2 Å². The Morgan fingerprint density at radius 3 is 2.35 bits per heavy atom. The minimum atomic E-state index is -4.09. The van der Waals surface area contributed by atoms with Crippen LogP contribution in [0.5, 0.6) is 0 Å². The van der Waals surface area contributed by atoms with Gasteiger partial charge in [0.25, 0.3) is 10.0 Å². The Morgan fingerprint density at radius 2 is 1.70 bits per heavy atom. The molecule has 2 rings (SSSR count). The summed E-state index contributed by atoms with van der Waals surface area (Å²) in [6.45, 7) is 3.55. The van der Waals surface area contributed by atoms with Crippen LogP contribution in [0, 0.1) is 25.5 Å². The Morgan fingerprint density at radius 1 is 1.00 bits per heavy atom. The van der Waals surface area contributed by atoms with Crippen LogP contribution in [0.2, 0.25) is 0 Å². The summed E-state index contributed by atoms with van der Waals surface area (Å²) in [5, 5.41) is 0. The molecule has 0 spiro atoms. The molecular weight excluding hydrogens is 284 g/mol. The van der Waals surface area contributed by atoms with Crippen molar-refractivity contribution in [2.24, 2.45) is 0 Å². The monoisotopic (exact) mass is 297 g/mol. The average molecular weight is 297 g/mol. The van der Waals surface area contributed by atoms with Gasteiger partial charge >= 0.3 is 0 Å². The summed E-state index contributed by atoms with van der Waals surface area (Å²) in [6.07, 6.45) is 0. The van der Waals surface area contributed by atoms with Gasteiger partial charge in [-0.3, -0.25) is 4.72 Å². The van der Waals surface area contributed by atoms with Crippen LogP contribution in [-0.4, -0.2) is 8.42 Å². The highest BCUT2D eigenvalue weighted by atomic mass is 32.2. The number of benzene rings is 2. The Bertz CT molecular complexity index is 758. The third-order valence-corrected chi connectivity index (χ3v) is 4.22. The van der Waals surface area contributed by atoms with Crippen LogP contribution in [0.4, 0.5) is 14.5 Å². The van der Waals surface area contributed by atoms with E-state index in [1.165, 1.54) is 0 Å². The van der Waals surface area contributed by atoms with Crippen LogP contribution in [0.3, 0.4) is 0 Å². The molecule has 0 atom stereocenters. The molecule has 0 bridgehead atoms. The number of rotatable bonds is 3. The summed E-state index contributed by atoms with van der Waals surface area (Å²) in [6, 6.07) is 7.59. The van der Waals surface area contributed by atoms with Crippen molar-refractivity contribution in [3.63, 3.8) is 0 Å². The molecule has 0 aliphatic carbocycles. The van der Waals surface area contributed by atoms with Gasteiger partial charge in [-0.2, -0.15) is 0 Å². The van der Waals surface area contributed by atoms with Crippen molar-refractivity contribution in [2.45, 2.75) is 18.7 Å². The minimum absolute atomic E-state index is 0.369. The van der Waals surface area contributed by atoms with Gasteiger partial charge in [-0.25, -0.2) is 17.2 Å². The molecule has 0 radical (unpaired) electrons. The summed E-state index contributed by atoms with van der Waals surface area (Å²) >= 11 is 0. The molecule has 0 fully saturated rings. The van der Waals surface area contributed by atoms with Gasteiger partial charge in [-0.15, -0.1) is 0 Å². The molecule has 0 aromatic heterocycles. The number of halogens is 2. The number of sulfonamides is 1. The quantitative estimate of drug-likeness (QED) is 0.944. The third kappa shape index (κ3) is 2.96. The van der Waals surface area contributed by atoms with E-state index in [-0.39, 0.29) is 0 Å². The predicted molar refractivity (Wildman–Crippen MR) is 73.1 cm³/mol. The van der Waals surface area contributed by atoms with Crippen molar-refractivity contribution < 1.29 is 17.2 Å². The lowest BCUT2D eigenvalue weighted by Gasteiger charge is -2.12. The summed E-state index contributed by atoms with van der Waals surface area (Å²) in [7, 11) is -4.09. The van der Waals surface area contributed by atoms with Gasteiger partial charge in [-0.05, 0) is 43.2 Å². The Balaban J connectivity index is 2.43. The fraction of sp³-hybridized carbons (Fsp3) is 0.143. The normalized spacial score (nSPS) is 11.4. The second kappa shape index (κ2) is 5.20. The number of nitrogens with one attached hydrogen (secondary N) is 1. The third-order valence-electron chi connectivity index (χ3n) is 2.82. The lowest BCUT2D eigenvalue weighted by Crippen LogP contribution is -2.15. The molecule has 6 heteroatoms. The van der Waals surface area contributed by atoms with Crippen molar-refractivity contribution >= 4 is 15.7 Å². The van der Waals surface area contributed by atoms with Gasteiger partial charge in [0, 0.05) is 6.07 Å². The average Bonchev–Trinajstić information content (AvgIpc) is 2.33. The lowest BCUT2D eigenvalue weighted by molar-refractivity contribution is 0.551. The van der Waals surface area contributed by atoms with E-state index < -0.39 is 26.6 Å². The molecule has 1 N–H and O–H groups in total. The molecule has 20 heavy (non-hydrogen) atoms. The van der Waals surface area contributed by atoms with Gasteiger partial charge < -0.3 is 0 Å². The zero-order chi connectivity index (χ0) is 14.9. The van der Waals surface area contributed by atoms with Crippen LogP contribution < -0.4 is 4.72 Å². The smallest absolute Gasteiger partial charge is 0.264 e. The molecule has 0 aliphatic heterocycles. The molecule has 2 aromatic rings. The number of anilines is 1. The molecule has 0 saturated heterocycles. The van der Waals surface area contributed by atoms with Gasteiger partial charge in [0.1, 0.15) is 16.5 Å². The standard InChI is InChI=1S/C14H13F2NO2S/c1-9-3-4-10(2)13(7-9)17-20(18,19)14-6-5-11(15)8-12(14)16/h3-8,17H,1-2H3. The lowest BCUT2D eigenvalue weighted by atomic mass is 10.1. The highest BCUT2D eigenvalue weighted by Crippen LogP contribution is 2.22. The van der Waals surface area contributed by atoms with E-state index >= 15 is 0 Å². The first-order valence-corrected chi connectivity index (χ1v) is 7.33. The van der Waals surface area contributed by atoms with E-state index in [0.717, 1.165) is 17.7 Å². The fourth-order valence-electron chi connectivity index (χ4n) is 1.74. The van der Waals surface area contributed by atoms with Gasteiger partial charge in [-0.1, -0.05) is 12.1 Å². The molecule has 2 aromatic carbocycles. The Labute approximate surface area is 116 Å². The highest BCUT2D eigenvalue weighted by molar-refractivity contribution is 7.92. The van der Waals surface area contributed by atoms with Crippen LogP contribution in [0.15, 0.2) is 41.3 Å². The van der Waals surface area contributed by atoms with E-state index in [2.05, 4.69) is 4.72 Å². The summed E-state index contributed by atoms with van der Waals surface area (Å²) in [5.74, 6) is -1.95. The van der Waals surface area contributed by atoms with Crippen molar-refractivity contribution in [3.8, 4) is 0 Å². The molecular formula is C14H13F2NO2S. The second-order valence-corrected chi connectivity index (χ2v) is 6.15. The SMILES string of the molecule is Cc1ccc(C)c(NS(=O)(=O)c2ccc(F)cc2F)c1. The first kappa shape index (κ1) is 14.5. The molecule has 0 unspecified atom stereocenters. The summed E-state index contributed by atoms with van der Waals surface area (Å²) in [5.41, 5.74) is 1.95. The first-order valence-electron chi connectivity index (χ1n) is 5.85. The van der Waals surface area contributed by atoms with Crippen molar-refractivity contribution in [3.05, 3.63) is 59.2 Å². The van der Waals surface area contributed by atoms with E-state index in [4.69, 9.17) is 0 Å². The number of aryl methyl sites for hydroxylation is 2. The molecule has 0 amide bonds. The maximum absolute atomic E-state index is 13.6. The number of hydrogen-bond donors (Lipinski definition) is 1. The molecule has 0 saturated carbocycles. The Hall–Kier alpha value is -1.95. The van der Waals surface area contributed by atoms with E-state index in [0.29, 0.717) is 17.3 Å². The first-order chi connectivity index (χ1) is 9.29. The van der Waals surface area contributed by atoms with E-state index in [1.54, 1.807) is 19.1 Å². The van der Waals surface area contributed by atoms with Crippen molar-refractivity contribution in [1.82, 2.24) is 0 Å². The highest BCUT2D eigenvalue weighted by Gasteiger charge is 2.20. The van der Waals surface area contributed by atoms with Crippen LogP contribution in [0.1, 0.15) is 11.1 Å². The Kier molecular flexibility index (Phi) is 3.76. The van der Waals surface area contributed by atoms with Crippen molar-refractivity contribution in [2.75, 3.05) is 4.72 Å². The molecule has 3 nitrogen and oxygen atoms in total. The van der Waals surface area contributed by atoms with Crippen LogP contribution >= 0.6 is 0 Å². The van der Waals surface area contributed by atoms with Gasteiger partial charge in [0.15, 0.2) is 0 Å². The fourth-order valence-corrected chi connectivity index (χ4v) is 2.92. The zero-order valence-corrected chi connectivity index (χ0v) is 11.8. The topological polar surface area (TPSA) is 46.2 Å².